The van der Waals surface area contributed by atoms with Crippen molar-refractivity contribution in [3.05, 3.63) is 97.1 Å². The smallest absolute Gasteiger partial charge is 0.385 e. The van der Waals surface area contributed by atoms with Gasteiger partial charge in [-0.1, -0.05) is 97.1 Å². The van der Waals surface area contributed by atoms with E-state index in [9.17, 15) is 0 Å². The molecule has 0 radical (unpaired) electrons. The van der Waals surface area contributed by atoms with E-state index in [4.69, 9.17) is 13.6 Å². The Bertz CT molecular complexity index is 902. The van der Waals surface area contributed by atoms with Crippen LogP contribution in [-0.4, -0.2) is 28.9 Å². The number of unbranched alkanes of at least 4 members (excludes halogenated alkanes) is 1. The van der Waals surface area contributed by atoms with E-state index in [0.717, 1.165) is 36.8 Å². The molecule has 1 aliphatic carbocycles. The van der Waals surface area contributed by atoms with Crippen LogP contribution in [0.5, 0.6) is 0 Å². The van der Waals surface area contributed by atoms with Crippen LogP contribution in [0.3, 0.4) is 0 Å². The summed E-state index contributed by atoms with van der Waals surface area (Å²) < 4.78 is 19.6. The fourth-order valence-corrected chi connectivity index (χ4v) is 8.38. The quantitative estimate of drug-likeness (QED) is 0.134. The normalized spacial score (nSPS) is 15.8. The number of hydrogen-bond donors (Lipinski definition) is 0. The average Bonchev–Trinajstić information content (AvgIpc) is 3.43. The largest absolute Gasteiger partial charge is 0.428 e. The van der Waals surface area contributed by atoms with Crippen LogP contribution in [0, 0.1) is 11.5 Å². The van der Waals surface area contributed by atoms with Crippen LogP contribution >= 0.6 is 0 Å². The standard InChI is InChI=1S/C30H38O3Si/c1-4-6-15-25-32-34(26-16-24-31-3,29-21-13-14-22-29)33-30(23-5-2,27-17-9-7-10-18-27)28-19-11-8-12-20-28/h4-5,7-12,17-20,29H,1-2,6,13-15,21-25H2,3H3. The van der Waals surface area contributed by atoms with Gasteiger partial charge in [0.2, 0.25) is 0 Å². The summed E-state index contributed by atoms with van der Waals surface area (Å²) in [6.07, 6.45) is 10.9. The van der Waals surface area contributed by atoms with Crippen LogP contribution in [0.4, 0.5) is 0 Å². The first-order valence-corrected chi connectivity index (χ1v) is 14.3. The maximum atomic E-state index is 7.44. The van der Waals surface area contributed by atoms with Gasteiger partial charge in [0.1, 0.15) is 12.2 Å². The summed E-state index contributed by atoms with van der Waals surface area (Å²) in [7, 11) is -1.34. The predicted molar refractivity (Wildman–Crippen MR) is 143 cm³/mol. The molecule has 180 valence electrons. The van der Waals surface area contributed by atoms with Crippen LogP contribution in [-0.2, 0) is 19.2 Å². The lowest BCUT2D eigenvalue weighted by molar-refractivity contribution is 0.0519. The second-order valence-electron chi connectivity index (χ2n) is 8.82. The number of benzene rings is 2. The van der Waals surface area contributed by atoms with Crippen molar-refractivity contribution in [1.29, 1.82) is 0 Å². The fourth-order valence-electron chi connectivity index (χ4n) is 4.82. The number of ether oxygens (including phenoxy) is 1. The van der Waals surface area contributed by atoms with E-state index in [1.54, 1.807) is 7.11 Å². The molecule has 1 atom stereocenters. The Morgan fingerprint density at radius 3 is 2.12 bits per heavy atom. The van der Waals surface area contributed by atoms with E-state index in [0.29, 0.717) is 25.2 Å². The van der Waals surface area contributed by atoms with Crippen molar-refractivity contribution < 1.29 is 13.6 Å². The summed E-state index contributed by atoms with van der Waals surface area (Å²) in [5, 5.41) is 0. The second kappa shape index (κ2) is 13.5. The minimum Gasteiger partial charge on any atom is -0.385 e. The van der Waals surface area contributed by atoms with Crippen molar-refractivity contribution in [1.82, 2.24) is 0 Å². The highest BCUT2D eigenvalue weighted by atomic mass is 28.4. The lowest BCUT2D eigenvalue weighted by Crippen LogP contribution is -2.52. The molecular formula is C30H38O3Si. The monoisotopic (exact) mass is 474 g/mol. The first-order valence-electron chi connectivity index (χ1n) is 12.4. The van der Waals surface area contributed by atoms with Gasteiger partial charge in [0.15, 0.2) is 0 Å². The Balaban J connectivity index is 2.16. The molecule has 34 heavy (non-hydrogen) atoms. The van der Waals surface area contributed by atoms with Gasteiger partial charge < -0.3 is 13.6 Å². The van der Waals surface area contributed by atoms with Crippen molar-refractivity contribution in [2.45, 2.75) is 56.1 Å². The predicted octanol–water partition coefficient (Wildman–Crippen LogP) is 7.08. The molecule has 0 aliphatic heterocycles. The molecule has 0 bridgehead atoms. The number of rotatable bonds is 13. The molecule has 1 aliphatic rings. The topological polar surface area (TPSA) is 27.7 Å². The molecule has 1 saturated carbocycles. The van der Waals surface area contributed by atoms with E-state index in [-0.39, 0.29) is 0 Å². The van der Waals surface area contributed by atoms with Gasteiger partial charge in [-0.15, -0.1) is 13.2 Å². The molecule has 2 aromatic rings. The Hall–Kier alpha value is -2.42. The zero-order chi connectivity index (χ0) is 24.1. The number of methoxy groups -OCH3 is 1. The van der Waals surface area contributed by atoms with Gasteiger partial charge in [-0.05, 0) is 36.8 Å². The Labute approximate surface area is 207 Å². The molecule has 3 rings (SSSR count). The van der Waals surface area contributed by atoms with Crippen LogP contribution in [0.15, 0.2) is 86.0 Å². The first-order chi connectivity index (χ1) is 16.7. The maximum Gasteiger partial charge on any atom is 0.428 e. The van der Waals surface area contributed by atoms with Crippen LogP contribution in [0.2, 0.25) is 5.54 Å². The second-order valence-corrected chi connectivity index (χ2v) is 11.7. The van der Waals surface area contributed by atoms with Gasteiger partial charge in [0, 0.05) is 25.7 Å². The van der Waals surface area contributed by atoms with Crippen molar-refractivity contribution >= 4 is 8.56 Å². The molecule has 1 unspecified atom stereocenters. The van der Waals surface area contributed by atoms with Crippen molar-refractivity contribution in [2.24, 2.45) is 0 Å². The molecule has 0 amide bonds. The number of hydrogen-bond acceptors (Lipinski definition) is 3. The minimum absolute atomic E-state index is 0.317. The van der Waals surface area contributed by atoms with E-state index in [1.807, 2.05) is 24.3 Å². The third-order valence-electron chi connectivity index (χ3n) is 6.48. The minimum atomic E-state index is -3.01. The highest BCUT2D eigenvalue weighted by molar-refractivity contribution is 6.77. The SMILES string of the molecule is C=CCCCO[Si](C#CCOC)(OC(CC=C)(c1ccccc1)c1ccccc1)C1CCCC1. The molecule has 0 saturated heterocycles. The fraction of sp³-hybridized carbons (Fsp3) is 0.400. The third-order valence-corrected chi connectivity index (χ3v) is 9.94. The molecule has 0 N–H and O–H groups in total. The van der Waals surface area contributed by atoms with Crippen molar-refractivity contribution in [3.63, 3.8) is 0 Å². The molecule has 3 nitrogen and oxygen atoms in total. The van der Waals surface area contributed by atoms with E-state index in [2.05, 4.69) is 73.2 Å². The molecular weight excluding hydrogens is 436 g/mol. The summed E-state index contributed by atoms with van der Waals surface area (Å²) in [5.74, 6) is 3.25. The molecule has 0 spiro atoms. The van der Waals surface area contributed by atoms with Crippen LogP contribution in [0.25, 0.3) is 0 Å². The average molecular weight is 475 g/mol. The zero-order valence-electron chi connectivity index (χ0n) is 20.5. The summed E-state index contributed by atoms with van der Waals surface area (Å²) >= 11 is 0. The van der Waals surface area contributed by atoms with Crippen molar-refractivity contribution in [3.8, 4) is 11.5 Å². The van der Waals surface area contributed by atoms with Crippen LogP contribution < -0.4 is 0 Å². The van der Waals surface area contributed by atoms with Gasteiger partial charge in [-0.25, -0.2) is 0 Å². The lowest BCUT2D eigenvalue weighted by Gasteiger charge is -2.43. The molecule has 0 heterocycles. The maximum absolute atomic E-state index is 7.44. The summed E-state index contributed by atoms with van der Waals surface area (Å²) in [4.78, 5) is 0. The molecule has 2 aromatic carbocycles. The number of allylic oxidation sites excluding steroid dienone is 1. The van der Waals surface area contributed by atoms with E-state index >= 15 is 0 Å². The molecule has 4 heteroatoms. The van der Waals surface area contributed by atoms with Gasteiger partial charge >= 0.3 is 8.56 Å². The third kappa shape index (κ3) is 6.37. The summed E-state index contributed by atoms with van der Waals surface area (Å²) in [6.45, 7) is 8.96. The lowest BCUT2D eigenvalue weighted by atomic mass is 9.84. The highest BCUT2D eigenvalue weighted by Gasteiger charge is 2.53. The van der Waals surface area contributed by atoms with Gasteiger partial charge in [-0.2, -0.15) is 0 Å². The molecule has 1 fully saturated rings. The Morgan fingerprint density at radius 1 is 0.971 bits per heavy atom. The Morgan fingerprint density at radius 2 is 1.59 bits per heavy atom. The first kappa shape index (κ1) is 26.2. The van der Waals surface area contributed by atoms with Gasteiger partial charge in [-0.3, -0.25) is 0 Å². The summed E-state index contributed by atoms with van der Waals surface area (Å²) in [6, 6.07) is 20.9. The van der Waals surface area contributed by atoms with Crippen molar-refractivity contribution in [2.75, 3.05) is 20.3 Å². The van der Waals surface area contributed by atoms with E-state index in [1.165, 1.54) is 12.8 Å². The van der Waals surface area contributed by atoms with Gasteiger partial charge in [0.05, 0.1) is 0 Å². The highest BCUT2D eigenvalue weighted by Crippen LogP contribution is 2.47. The van der Waals surface area contributed by atoms with Crippen LogP contribution in [0.1, 0.15) is 56.1 Å². The Kier molecular flexibility index (Phi) is 10.4. The van der Waals surface area contributed by atoms with E-state index < -0.39 is 14.2 Å². The zero-order valence-corrected chi connectivity index (χ0v) is 21.5. The summed E-state index contributed by atoms with van der Waals surface area (Å²) in [5.41, 5.74) is 5.35. The molecule has 0 aromatic heterocycles. The van der Waals surface area contributed by atoms with Gasteiger partial charge in [0.25, 0.3) is 0 Å².